The SMILES string of the molecule is CC(=O)C(C)NC(=O)c1ccc(Cl)c(Br)c1. The molecule has 1 aromatic rings. The summed E-state index contributed by atoms with van der Waals surface area (Å²) in [5.74, 6) is -0.374. The van der Waals surface area contributed by atoms with E-state index in [1.807, 2.05) is 0 Å². The molecule has 1 unspecified atom stereocenters. The number of halogens is 2. The molecule has 1 rings (SSSR count). The topological polar surface area (TPSA) is 46.2 Å². The van der Waals surface area contributed by atoms with Gasteiger partial charge in [0, 0.05) is 10.0 Å². The minimum Gasteiger partial charge on any atom is -0.343 e. The molecule has 1 atom stereocenters. The standard InChI is InChI=1S/C11H11BrClNO2/c1-6(7(2)15)14-11(16)8-3-4-10(13)9(12)5-8/h3-6H,1-2H3,(H,14,16). The van der Waals surface area contributed by atoms with Crippen molar-refractivity contribution in [1.82, 2.24) is 5.32 Å². The molecule has 0 fully saturated rings. The zero-order chi connectivity index (χ0) is 12.3. The summed E-state index contributed by atoms with van der Waals surface area (Å²) in [6.45, 7) is 3.08. The number of ketones is 1. The second-order valence-corrected chi connectivity index (χ2v) is 4.70. The van der Waals surface area contributed by atoms with E-state index in [9.17, 15) is 9.59 Å². The van der Waals surface area contributed by atoms with E-state index in [1.54, 1.807) is 25.1 Å². The Labute approximate surface area is 107 Å². The molecule has 3 nitrogen and oxygen atoms in total. The highest BCUT2D eigenvalue weighted by atomic mass is 79.9. The molecule has 0 aromatic heterocycles. The van der Waals surface area contributed by atoms with Gasteiger partial charge in [-0.1, -0.05) is 11.6 Å². The summed E-state index contributed by atoms with van der Waals surface area (Å²) < 4.78 is 0.650. The largest absolute Gasteiger partial charge is 0.343 e. The Bertz CT molecular complexity index is 434. The Morgan fingerprint density at radius 2 is 2.06 bits per heavy atom. The monoisotopic (exact) mass is 303 g/mol. The highest BCUT2D eigenvalue weighted by molar-refractivity contribution is 9.10. The lowest BCUT2D eigenvalue weighted by Gasteiger charge is -2.10. The maximum atomic E-state index is 11.7. The molecule has 0 saturated carbocycles. The molecule has 1 amide bonds. The first-order valence-corrected chi connectivity index (χ1v) is 5.85. The van der Waals surface area contributed by atoms with Crippen LogP contribution in [0.3, 0.4) is 0 Å². The molecule has 0 saturated heterocycles. The molecule has 0 aliphatic heterocycles. The van der Waals surface area contributed by atoms with Gasteiger partial charge in [0.15, 0.2) is 5.78 Å². The Hall–Kier alpha value is -0.870. The van der Waals surface area contributed by atoms with Crippen molar-refractivity contribution in [2.75, 3.05) is 0 Å². The molecule has 0 spiro atoms. The van der Waals surface area contributed by atoms with E-state index >= 15 is 0 Å². The lowest BCUT2D eigenvalue weighted by Crippen LogP contribution is -2.37. The van der Waals surface area contributed by atoms with Gasteiger partial charge in [0.2, 0.25) is 0 Å². The summed E-state index contributed by atoms with van der Waals surface area (Å²) in [5, 5.41) is 3.13. The van der Waals surface area contributed by atoms with E-state index in [2.05, 4.69) is 21.2 Å². The lowest BCUT2D eigenvalue weighted by atomic mass is 10.2. The molecule has 0 heterocycles. The van der Waals surface area contributed by atoms with Gasteiger partial charge in [0.05, 0.1) is 11.1 Å². The van der Waals surface area contributed by atoms with E-state index in [1.165, 1.54) is 6.92 Å². The Morgan fingerprint density at radius 3 is 2.56 bits per heavy atom. The average Bonchev–Trinajstić information content (AvgIpc) is 2.21. The molecule has 0 bridgehead atoms. The van der Waals surface area contributed by atoms with Crippen LogP contribution in [-0.2, 0) is 4.79 Å². The van der Waals surface area contributed by atoms with Crippen molar-refractivity contribution in [3.05, 3.63) is 33.3 Å². The number of carbonyl (C=O) groups excluding carboxylic acids is 2. The van der Waals surface area contributed by atoms with Crippen LogP contribution in [0.2, 0.25) is 5.02 Å². The zero-order valence-electron chi connectivity index (χ0n) is 8.88. The minimum absolute atomic E-state index is 0.0821. The molecule has 1 N–H and O–H groups in total. The fraction of sp³-hybridized carbons (Fsp3) is 0.273. The number of benzene rings is 1. The highest BCUT2D eigenvalue weighted by Crippen LogP contribution is 2.23. The van der Waals surface area contributed by atoms with Gasteiger partial charge in [0.1, 0.15) is 0 Å². The summed E-state index contributed by atoms with van der Waals surface area (Å²) in [5.41, 5.74) is 0.462. The Morgan fingerprint density at radius 1 is 1.44 bits per heavy atom. The van der Waals surface area contributed by atoms with Crippen LogP contribution in [0, 0.1) is 0 Å². The molecule has 0 radical (unpaired) electrons. The summed E-state index contributed by atoms with van der Waals surface area (Å²) >= 11 is 9.04. The maximum Gasteiger partial charge on any atom is 0.251 e. The summed E-state index contributed by atoms with van der Waals surface area (Å²) in [6, 6.07) is 4.36. The van der Waals surface area contributed by atoms with Crippen LogP contribution in [0.5, 0.6) is 0 Å². The summed E-state index contributed by atoms with van der Waals surface area (Å²) in [7, 11) is 0. The van der Waals surface area contributed by atoms with Crippen LogP contribution in [0.1, 0.15) is 24.2 Å². The second-order valence-electron chi connectivity index (χ2n) is 3.43. The van der Waals surface area contributed by atoms with Gasteiger partial charge in [-0.2, -0.15) is 0 Å². The number of carbonyl (C=O) groups is 2. The molecule has 1 aromatic carbocycles. The third kappa shape index (κ3) is 3.32. The number of nitrogens with one attached hydrogen (secondary N) is 1. The molecule has 16 heavy (non-hydrogen) atoms. The number of amides is 1. The van der Waals surface area contributed by atoms with E-state index in [-0.39, 0.29) is 11.7 Å². The van der Waals surface area contributed by atoms with Gasteiger partial charge in [-0.25, -0.2) is 0 Å². The number of hydrogen-bond donors (Lipinski definition) is 1. The minimum atomic E-state index is -0.484. The fourth-order valence-corrected chi connectivity index (χ4v) is 1.52. The van der Waals surface area contributed by atoms with E-state index < -0.39 is 6.04 Å². The third-order valence-corrected chi connectivity index (χ3v) is 3.35. The van der Waals surface area contributed by atoms with Gasteiger partial charge in [-0.15, -0.1) is 0 Å². The first kappa shape index (κ1) is 13.2. The smallest absolute Gasteiger partial charge is 0.251 e. The lowest BCUT2D eigenvalue weighted by molar-refractivity contribution is -0.118. The zero-order valence-corrected chi connectivity index (χ0v) is 11.2. The normalized spacial score (nSPS) is 12.0. The van der Waals surface area contributed by atoms with Crippen LogP contribution < -0.4 is 5.32 Å². The highest BCUT2D eigenvalue weighted by Gasteiger charge is 2.13. The predicted molar refractivity (Wildman–Crippen MR) is 66.8 cm³/mol. The molecule has 0 aliphatic rings. The Kier molecular flexibility index (Phi) is 4.50. The number of rotatable bonds is 3. The van der Waals surface area contributed by atoms with Crippen molar-refractivity contribution in [2.24, 2.45) is 0 Å². The first-order valence-electron chi connectivity index (χ1n) is 4.68. The van der Waals surface area contributed by atoms with Crippen LogP contribution in [0.4, 0.5) is 0 Å². The van der Waals surface area contributed by atoms with Crippen molar-refractivity contribution in [3.63, 3.8) is 0 Å². The second kappa shape index (κ2) is 5.46. The van der Waals surface area contributed by atoms with Crippen molar-refractivity contribution in [2.45, 2.75) is 19.9 Å². The van der Waals surface area contributed by atoms with E-state index in [0.29, 0.717) is 15.1 Å². The quantitative estimate of drug-likeness (QED) is 0.933. The van der Waals surface area contributed by atoms with Gasteiger partial charge < -0.3 is 5.32 Å². The van der Waals surface area contributed by atoms with Crippen molar-refractivity contribution < 1.29 is 9.59 Å². The molecular formula is C11H11BrClNO2. The number of hydrogen-bond acceptors (Lipinski definition) is 2. The molecular weight excluding hydrogens is 293 g/mol. The van der Waals surface area contributed by atoms with Crippen LogP contribution in [0.25, 0.3) is 0 Å². The first-order chi connectivity index (χ1) is 7.41. The van der Waals surface area contributed by atoms with Gasteiger partial charge >= 0.3 is 0 Å². The molecule has 86 valence electrons. The van der Waals surface area contributed by atoms with Crippen molar-refractivity contribution in [1.29, 1.82) is 0 Å². The third-order valence-electron chi connectivity index (χ3n) is 2.14. The molecule has 5 heteroatoms. The van der Waals surface area contributed by atoms with Crippen LogP contribution >= 0.6 is 27.5 Å². The average molecular weight is 305 g/mol. The predicted octanol–water partition coefficient (Wildman–Crippen LogP) is 2.81. The Balaban J connectivity index is 2.81. The summed E-state index contributed by atoms with van der Waals surface area (Å²) in [6.07, 6.45) is 0. The van der Waals surface area contributed by atoms with Crippen molar-refractivity contribution in [3.8, 4) is 0 Å². The van der Waals surface area contributed by atoms with Crippen molar-refractivity contribution >= 4 is 39.2 Å². The maximum absolute atomic E-state index is 11.7. The van der Waals surface area contributed by atoms with Crippen LogP contribution in [0.15, 0.2) is 22.7 Å². The van der Waals surface area contributed by atoms with Gasteiger partial charge in [-0.3, -0.25) is 9.59 Å². The van der Waals surface area contributed by atoms with Gasteiger partial charge in [-0.05, 0) is 48.0 Å². The van der Waals surface area contributed by atoms with E-state index in [0.717, 1.165) is 0 Å². The summed E-state index contributed by atoms with van der Waals surface area (Å²) in [4.78, 5) is 22.7. The molecule has 0 aliphatic carbocycles. The fourth-order valence-electron chi connectivity index (χ4n) is 1.02. The van der Waals surface area contributed by atoms with Gasteiger partial charge in [0.25, 0.3) is 5.91 Å². The van der Waals surface area contributed by atoms with Crippen LogP contribution in [-0.4, -0.2) is 17.7 Å². The van der Waals surface area contributed by atoms with E-state index in [4.69, 9.17) is 11.6 Å². The number of Topliss-reactive ketones (excluding diaryl/α,β-unsaturated/α-hetero) is 1.